The van der Waals surface area contributed by atoms with Crippen molar-refractivity contribution in [2.75, 3.05) is 19.8 Å². The Balaban J connectivity index is 2.20. The second-order valence-electron chi connectivity index (χ2n) is 17.9. The summed E-state index contributed by atoms with van der Waals surface area (Å²) >= 11 is 0. The maximum Gasteiger partial charge on any atom is 0.305 e. The topological polar surface area (TPSA) is 175 Å². The Morgan fingerprint density at radius 3 is 1.52 bits per heavy atom. The maximum absolute atomic E-state index is 13.0. The highest BCUT2D eigenvalue weighted by Crippen LogP contribution is 2.23. The maximum atomic E-state index is 13.0. The zero-order valence-corrected chi connectivity index (χ0v) is 39.1. The minimum Gasteiger partial charge on any atom is -0.466 e. The van der Waals surface area contributed by atoms with Gasteiger partial charge < -0.3 is 45.1 Å². The Morgan fingerprint density at radius 2 is 1.03 bits per heavy atom. The third-order valence-electron chi connectivity index (χ3n) is 12.2. The summed E-state index contributed by atoms with van der Waals surface area (Å²) in [6.07, 6.45) is 34.2. The van der Waals surface area contributed by atoms with E-state index in [-0.39, 0.29) is 18.5 Å². The smallest absolute Gasteiger partial charge is 0.305 e. The highest BCUT2D eigenvalue weighted by Gasteiger charge is 2.44. The molecule has 0 aromatic carbocycles. The number of esters is 1. The number of allylic oxidation sites excluding steroid dienone is 1. The fourth-order valence-corrected chi connectivity index (χ4v) is 8.02. The number of amides is 1. The second-order valence-corrected chi connectivity index (χ2v) is 17.9. The van der Waals surface area contributed by atoms with Crippen molar-refractivity contribution in [3.63, 3.8) is 0 Å². The van der Waals surface area contributed by atoms with E-state index >= 15 is 0 Å². The molecule has 1 fully saturated rings. The Labute approximate surface area is 372 Å². The Morgan fingerprint density at radius 1 is 0.590 bits per heavy atom. The molecule has 1 saturated heterocycles. The van der Waals surface area contributed by atoms with Crippen molar-refractivity contribution in [2.24, 2.45) is 0 Å². The summed E-state index contributed by atoms with van der Waals surface area (Å²) in [6, 6.07) is -0.821. The van der Waals surface area contributed by atoms with Crippen molar-refractivity contribution in [2.45, 2.75) is 275 Å². The number of unbranched alkanes of at least 4 members (excludes halogenated alkanes) is 29. The predicted molar refractivity (Wildman–Crippen MR) is 246 cm³/mol. The molecule has 0 aliphatic carbocycles. The minimum absolute atomic E-state index is 0.0401. The van der Waals surface area contributed by atoms with E-state index in [4.69, 9.17) is 14.2 Å². The van der Waals surface area contributed by atoms with Gasteiger partial charge in [0.2, 0.25) is 5.91 Å². The monoisotopic (exact) mass is 870 g/mol. The standard InChI is InChI=1S/C50H95NO10/c1-3-5-7-9-11-13-16-20-24-28-32-36-43(53)42(41-60-50-49(58)48(57)47(56)44(40-52)61-50)51-45(54)37-33-29-25-21-18-15-19-23-27-31-35-39-59-46(55)38-34-30-26-22-17-14-12-10-8-6-4-2/h32,36,42-44,47-50,52-53,56-58H,3-31,33-35,37-41H2,1-2H3,(H,51,54)/b36-32+. The molecule has 1 heterocycles. The van der Waals surface area contributed by atoms with Crippen molar-refractivity contribution < 1.29 is 49.3 Å². The molecule has 0 saturated carbocycles. The van der Waals surface area contributed by atoms with Gasteiger partial charge in [0.1, 0.15) is 24.4 Å². The van der Waals surface area contributed by atoms with Crippen molar-refractivity contribution >= 4 is 11.9 Å². The van der Waals surface area contributed by atoms with Crippen LogP contribution in [0.5, 0.6) is 0 Å². The number of hydrogen-bond donors (Lipinski definition) is 6. The molecular weight excluding hydrogens is 775 g/mol. The fraction of sp³-hybridized carbons (Fsp3) is 0.920. The molecule has 0 aromatic heterocycles. The molecule has 11 heteroatoms. The molecule has 1 aliphatic rings. The van der Waals surface area contributed by atoms with Crippen molar-refractivity contribution in [1.82, 2.24) is 5.32 Å². The average Bonchev–Trinajstić information content (AvgIpc) is 3.25. The van der Waals surface area contributed by atoms with E-state index in [1.54, 1.807) is 6.08 Å². The van der Waals surface area contributed by atoms with Gasteiger partial charge in [0.25, 0.3) is 0 Å². The first kappa shape index (κ1) is 57.4. The van der Waals surface area contributed by atoms with Gasteiger partial charge in [0.15, 0.2) is 6.29 Å². The number of carbonyl (C=O) groups is 2. The van der Waals surface area contributed by atoms with Gasteiger partial charge in [-0.1, -0.05) is 199 Å². The van der Waals surface area contributed by atoms with Gasteiger partial charge in [-0.15, -0.1) is 0 Å². The minimum atomic E-state index is -1.58. The van der Waals surface area contributed by atoms with Crippen molar-refractivity contribution in [3.8, 4) is 0 Å². The van der Waals surface area contributed by atoms with Gasteiger partial charge in [-0.2, -0.15) is 0 Å². The van der Waals surface area contributed by atoms with Crippen LogP contribution in [0.25, 0.3) is 0 Å². The Bertz CT molecular complexity index is 1030. The van der Waals surface area contributed by atoms with Crippen LogP contribution in [-0.4, -0.2) is 100 Å². The van der Waals surface area contributed by atoms with Crippen LogP contribution < -0.4 is 5.32 Å². The lowest BCUT2D eigenvalue weighted by Gasteiger charge is -2.40. The predicted octanol–water partition coefficient (Wildman–Crippen LogP) is 10.1. The first-order valence-corrected chi connectivity index (χ1v) is 25.5. The quantitative estimate of drug-likeness (QED) is 0.0197. The molecule has 0 aromatic rings. The van der Waals surface area contributed by atoms with E-state index in [1.807, 2.05) is 6.08 Å². The summed E-state index contributed by atoms with van der Waals surface area (Å²) < 4.78 is 16.6. The molecule has 1 amide bonds. The van der Waals surface area contributed by atoms with Crippen molar-refractivity contribution in [1.29, 1.82) is 0 Å². The van der Waals surface area contributed by atoms with E-state index in [1.165, 1.54) is 135 Å². The number of ether oxygens (including phenoxy) is 3. The molecule has 6 N–H and O–H groups in total. The Kier molecular flexibility index (Phi) is 38.7. The van der Waals surface area contributed by atoms with Crippen LogP contribution in [0.4, 0.5) is 0 Å². The molecule has 0 radical (unpaired) electrons. The Hall–Kier alpha value is -1.60. The molecule has 1 rings (SSSR count). The summed E-state index contributed by atoms with van der Waals surface area (Å²) in [6.45, 7) is 4.25. The molecular formula is C50H95NO10. The molecule has 0 bridgehead atoms. The molecule has 0 spiro atoms. The molecule has 11 nitrogen and oxygen atoms in total. The van der Waals surface area contributed by atoms with Crippen LogP contribution in [0, 0.1) is 0 Å². The second kappa shape index (κ2) is 41.1. The largest absolute Gasteiger partial charge is 0.466 e. The summed E-state index contributed by atoms with van der Waals surface area (Å²) in [5.74, 6) is -0.241. The van der Waals surface area contributed by atoms with E-state index in [0.29, 0.717) is 19.4 Å². The van der Waals surface area contributed by atoms with Gasteiger partial charge in [0, 0.05) is 12.8 Å². The fourth-order valence-electron chi connectivity index (χ4n) is 8.02. The molecule has 61 heavy (non-hydrogen) atoms. The summed E-state index contributed by atoms with van der Waals surface area (Å²) in [7, 11) is 0. The number of carbonyl (C=O) groups excluding carboxylic acids is 2. The van der Waals surface area contributed by atoms with Crippen LogP contribution in [0.3, 0.4) is 0 Å². The number of rotatable bonds is 43. The van der Waals surface area contributed by atoms with Crippen molar-refractivity contribution in [3.05, 3.63) is 12.2 Å². The van der Waals surface area contributed by atoms with Crippen LogP contribution in [-0.2, 0) is 23.8 Å². The lowest BCUT2D eigenvalue weighted by Crippen LogP contribution is -2.60. The zero-order chi connectivity index (χ0) is 44.6. The van der Waals surface area contributed by atoms with Crippen LogP contribution >= 0.6 is 0 Å². The average molecular weight is 870 g/mol. The lowest BCUT2D eigenvalue weighted by atomic mass is 9.99. The van der Waals surface area contributed by atoms with Crippen LogP contribution in [0.1, 0.15) is 232 Å². The number of aliphatic hydroxyl groups excluding tert-OH is 5. The summed E-state index contributed by atoms with van der Waals surface area (Å²) in [5.41, 5.74) is 0. The van der Waals surface area contributed by atoms with E-state index < -0.39 is 49.5 Å². The number of aliphatic hydroxyl groups is 5. The highest BCUT2D eigenvalue weighted by molar-refractivity contribution is 5.76. The molecule has 7 unspecified atom stereocenters. The third kappa shape index (κ3) is 31.8. The van der Waals surface area contributed by atoms with Gasteiger partial charge in [-0.05, 0) is 32.1 Å². The first-order valence-electron chi connectivity index (χ1n) is 25.5. The van der Waals surface area contributed by atoms with Gasteiger partial charge >= 0.3 is 5.97 Å². The van der Waals surface area contributed by atoms with Gasteiger partial charge in [0.05, 0.1) is 32.0 Å². The SMILES string of the molecule is CCCCCCCCCCC/C=C/C(O)C(COC1OC(CO)C(O)C(O)C1O)NC(=O)CCCCCCCCCCCCCOC(=O)CCCCCCCCCCCCC. The highest BCUT2D eigenvalue weighted by atomic mass is 16.7. The van der Waals surface area contributed by atoms with E-state index in [0.717, 1.165) is 70.6 Å². The molecule has 7 atom stereocenters. The number of hydrogen-bond acceptors (Lipinski definition) is 10. The van der Waals surface area contributed by atoms with E-state index in [9.17, 15) is 35.1 Å². The van der Waals surface area contributed by atoms with Gasteiger partial charge in [-0.25, -0.2) is 0 Å². The van der Waals surface area contributed by atoms with E-state index in [2.05, 4.69) is 19.2 Å². The zero-order valence-electron chi connectivity index (χ0n) is 39.1. The van der Waals surface area contributed by atoms with Gasteiger partial charge in [-0.3, -0.25) is 9.59 Å². The third-order valence-corrected chi connectivity index (χ3v) is 12.2. The molecule has 1 aliphatic heterocycles. The normalized spacial score (nSPS) is 20.3. The van der Waals surface area contributed by atoms with Crippen LogP contribution in [0.2, 0.25) is 0 Å². The summed E-state index contributed by atoms with van der Waals surface area (Å²) in [5, 5.41) is 54.1. The first-order chi connectivity index (χ1) is 29.7. The molecule has 360 valence electrons. The lowest BCUT2D eigenvalue weighted by molar-refractivity contribution is -0.302. The van der Waals surface area contributed by atoms with Crippen LogP contribution in [0.15, 0.2) is 12.2 Å². The summed E-state index contributed by atoms with van der Waals surface area (Å²) in [4.78, 5) is 25.0. The number of nitrogens with one attached hydrogen (secondary N) is 1.